The molecule has 0 spiro atoms. The summed E-state index contributed by atoms with van der Waals surface area (Å²) >= 11 is 3.21. The largest absolute Gasteiger partial charge is 0.504 e. The second-order valence-electron chi connectivity index (χ2n) is 3.88. The zero-order chi connectivity index (χ0) is 14.0. The highest BCUT2D eigenvalue weighted by Crippen LogP contribution is 2.24. The van der Waals surface area contributed by atoms with Gasteiger partial charge in [0.1, 0.15) is 0 Å². The summed E-state index contributed by atoms with van der Waals surface area (Å²) in [7, 11) is -3.78. The maximum atomic E-state index is 12.1. The second kappa shape index (κ2) is 5.18. The van der Waals surface area contributed by atoms with Crippen LogP contribution in [0.5, 0.6) is 5.75 Å². The molecule has 0 amide bonds. The highest BCUT2D eigenvalue weighted by Gasteiger charge is 2.17. The molecule has 0 fully saturated rings. The van der Waals surface area contributed by atoms with Gasteiger partial charge >= 0.3 is 0 Å². The number of pyridine rings is 1. The Morgan fingerprint density at radius 1 is 1.26 bits per heavy atom. The highest BCUT2D eigenvalue weighted by molar-refractivity contribution is 9.10. The summed E-state index contributed by atoms with van der Waals surface area (Å²) in [6.07, 6.45) is 0. The van der Waals surface area contributed by atoms with Crippen LogP contribution in [0.4, 0.5) is 5.82 Å². The Labute approximate surface area is 119 Å². The maximum Gasteiger partial charge on any atom is 0.263 e. The van der Waals surface area contributed by atoms with Crippen LogP contribution in [0.25, 0.3) is 0 Å². The first-order chi connectivity index (χ1) is 8.88. The van der Waals surface area contributed by atoms with Crippen LogP contribution in [-0.4, -0.2) is 18.5 Å². The van der Waals surface area contributed by atoms with Gasteiger partial charge in [0.15, 0.2) is 11.6 Å². The van der Waals surface area contributed by atoms with Gasteiger partial charge in [-0.1, -0.05) is 22.0 Å². The Bertz CT molecular complexity index is 717. The van der Waals surface area contributed by atoms with Crippen molar-refractivity contribution in [1.82, 2.24) is 4.98 Å². The van der Waals surface area contributed by atoms with E-state index in [0.717, 1.165) is 0 Å². The van der Waals surface area contributed by atoms with E-state index < -0.39 is 10.0 Å². The number of aryl methyl sites for hydroxylation is 1. The molecule has 100 valence electrons. The Balaban J connectivity index is 2.39. The molecule has 2 N–H and O–H groups in total. The third kappa shape index (κ3) is 3.24. The molecule has 5 nitrogen and oxygen atoms in total. The van der Waals surface area contributed by atoms with Crippen LogP contribution in [0, 0.1) is 6.92 Å². The number of rotatable bonds is 3. The molecule has 0 aliphatic heterocycles. The van der Waals surface area contributed by atoms with Gasteiger partial charge in [-0.3, -0.25) is 4.72 Å². The molecule has 1 aromatic heterocycles. The normalized spacial score (nSPS) is 11.3. The SMILES string of the molecule is Cc1ccc(O)c(NS(=O)(=O)c2cccc(Br)c2)n1. The lowest BCUT2D eigenvalue weighted by Crippen LogP contribution is -2.14. The second-order valence-corrected chi connectivity index (χ2v) is 6.48. The summed E-state index contributed by atoms with van der Waals surface area (Å²) in [6.45, 7) is 1.70. The van der Waals surface area contributed by atoms with E-state index in [-0.39, 0.29) is 16.5 Å². The van der Waals surface area contributed by atoms with Crippen LogP contribution in [0.1, 0.15) is 5.69 Å². The highest BCUT2D eigenvalue weighted by atomic mass is 79.9. The van der Waals surface area contributed by atoms with Crippen LogP contribution in [0.3, 0.4) is 0 Å². The van der Waals surface area contributed by atoms with Gasteiger partial charge < -0.3 is 5.11 Å². The van der Waals surface area contributed by atoms with Gasteiger partial charge in [0.2, 0.25) is 0 Å². The fourth-order valence-electron chi connectivity index (χ4n) is 1.44. The number of hydrogen-bond donors (Lipinski definition) is 2. The standard InChI is InChI=1S/C12H11BrN2O3S/c1-8-5-6-11(16)12(14-8)15-19(17,18)10-4-2-3-9(13)7-10/h2-7,16H,1H3,(H,14,15). The minimum atomic E-state index is -3.78. The van der Waals surface area contributed by atoms with Crippen LogP contribution in [0.15, 0.2) is 45.8 Å². The van der Waals surface area contributed by atoms with Crippen molar-refractivity contribution in [3.63, 3.8) is 0 Å². The maximum absolute atomic E-state index is 12.1. The molecule has 0 atom stereocenters. The summed E-state index contributed by atoms with van der Waals surface area (Å²) in [5.74, 6) is -0.302. The molecular formula is C12H11BrN2O3S. The predicted octanol–water partition coefficient (Wildman–Crippen LogP) is 2.66. The van der Waals surface area contributed by atoms with Crippen LogP contribution >= 0.6 is 15.9 Å². The van der Waals surface area contributed by atoms with Gasteiger partial charge in [-0.25, -0.2) is 13.4 Å². The van der Waals surface area contributed by atoms with Gasteiger partial charge in [0.05, 0.1) is 4.90 Å². The van der Waals surface area contributed by atoms with E-state index in [2.05, 4.69) is 25.6 Å². The minimum absolute atomic E-state index is 0.0834. The van der Waals surface area contributed by atoms with E-state index >= 15 is 0 Å². The average Bonchev–Trinajstić information content (AvgIpc) is 2.33. The molecule has 2 rings (SSSR count). The lowest BCUT2D eigenvalue weighted by atomic mass is 10.3. The van der Waals surface area contributed by atoms with E-state index in [0.29, 0.717) is 10.2 Å². The zero-order valence-corrected chi connectivity index (χ0v) is 12.4. The Morgan fingerprint density at radius 3 is 2.68 bits per heavy atom. The quantitative estimate of drug-likeness (QED) is 0.898. The van der Waals surface area contributed by atoms with Gasteiger partial charge in [-0.05, 0) is 37.3 Å². The Kier molecular flexibility index (Phi) is 3.77. The summed E-state index contributed by atoms with van der Waals surface area (Å²) in [4.78, 5) is 4.04. The molecule has 0 saturated carbocycles. The molecule has 0 saturated heterocycles. The Morgan fingerprint density at radius 2 is 2.00 bits per heavy atom. The van der Waals surface area contributed by atoms with Crippen molar-refractivity contribution in [3.8, 4) is 5.75 Å². The van der Waals surface area contributed by atoms with Crippen LogP contribution in [0.2, 0.25) is 0 Å². The number of nitrogens with one attached hydrogen (secondary N) is 1. The first-order valence-corrected chi connectivity index (χ1v) is 7.61. The first-order valence-electron chi connectivity index (χ1n) is 5.33. The van der Waals surface area contributed by atoms with Crippen molar-refractivity contribution in [1.29, 1.82) is 0 Å². The number of anilines is 1. The molecule has 2 aromatic rings. The molecular weight excluding hydrogens is 332 g/mol. The van der Waals surface area contributed by atoms with E-state index in [1.165, 1.54) is 18.2 Å². The molecule has 0 bridgehead atoms. The topological polar surface area (TPSA) is 79.3 Å². The number of sulfonamides is 1. The van der Waals surface area contributed by atoms with Gasteiger partial charge in [0, 0.05) is 10.2 Å². The molecule has 1 heterocycles. The van der Waals surface area contributed by atoms with E-state index in [4.69, 9.17) is 0 Å². The lowest BCUT2D eigenvalue weighted by Gasteiger charge is -2.09. The molecule has 0 aliphatic carbocycles. The van der Waals surface area contributed by atoms with Crippen molar-refractivity contribution in [2.75, 3.05) is 4.72 Å². The number of hydrogen-bond acceptors (Lipinski definition) is 4. The van der Waals surface area contributed by atoms with Crippen LogP contribution in [-0.2, 0) is 10.0 Å². The fourth-order valence-corrected chi connectivity index (χ4v) is 3.06. The number of nitrogens with zero attached hydrogens (tertiary/aromatic N) is 1. The third-order valence-electron chi connectivity index (χ3n) is 2.35. The van der Waals surface area contributed by atoms with Crippen LogP contribution < -0.4 is 4.72 Å². The predicted molar refractivity (Wildman–Crippen MR) is 75.6 cm³/mol. The molecule has 0 radical (unpaired) electrons. The Hall–Kier alpha value is -1.60. The van der Waals surface area contributed by atoms with Crippen molar-refractivity contribution in [3.05, 3.63) is 46.6 Å². The van der Waals surface area contributed by atoms with Crippen molar-refractivity contribution >= 4 is 31.8 Å². The van der Waals surface area contributed by atoms with E-state index in [1.54, 1.807) is 25.1 Å². The van der Waals surface area contributed by atoms with Crippen molar-refractivity contribution < 1.29 is 13.5 Å². The smallest absolute Gasteiger partial charge is 0.263 e. The monoisotopic (exact) mass is 342 g/mol. The summed E-state index contributed by atoms with van der Waals surface area (Å²) in [6, 6.07) is 9.24. The number of aromatic nitrogens is 1. The molecule has 0 unspecified atom stereocenters. The number of benzene rings is 1. The average molecular weight is 343 g/mol. The fraction of sp³-hybridized carbons (Fsp3) is 0.0833. The van der Waals surface area contributed by atoms with Crippen molar-refractivity contribution in [2.24, 2.45) is 0 Å². The number of halogens is 1. The molecule has 1 aromatic carbocycles. The lowest BCUT2D eigenvalue weighted by molar-refractivity contribution is 0.475. The summed E-state index contributed by atoms with van der Waals surface area (Å²) in [5.41, 5.74) is 0.602. The van der Waals surface area contributed by atoms with Crippen molar-refractivity contribution in [2.45, 2.75) is 11.8 Å². The summed E-state index contributed by atoms with van der Waals surface area (Å²) in [5, 5.41) is 9.60. The van der Waals surface area contributed by atoms with Gasteiger partial charge in [0.25, 0.3) is 10.0 Å². The molecule has 0 aliphatic rings. The van der Waals surface area contributed by atoms with E-state index in [9.17, 15) is 13.5 Å². The summed E-state index contributed by atoms with van der Waals surface area (Å²) < 4.78 is 27.2. The zero-order valence-electron chi connectivity index (χ0n) is 9.96. The molecule has 19 heavy (non-hydrogen) atoms. The first kappa shape index (κ1) is 13.8. The third-order valence-corrected chi connectivity index (χ3v) is 4.18. The van der Waals surface area contributed by atoms with E-state index in [1.807, 2.05) is 0 Å². The molecule has 7 heteroatoms. The van der Waals surface area contributed by atoms with Gasteiger partial charge in [-0.2, -0.15) is 0 Å². The number of aromatic hydroxyl groups is 1. The van der Waals surface area contributed by atoms with Gasteiger partial charge in [-0.15, -0.1) is 0 Å². The minimum Gasteiger partial charge on any atom is -0.504 e.